The van der Waals surface area contributed by atoms with Gasteiger partial charge in [-0.15, -0.1) is 0 Å². The molecule has 2 aromatic rings. The fraction of sp³-hybridized carbons (Fsp3) is 0.143. The number of amides is 1. The second-order valence-electron chi connectivity index (χ2n) is 4.30. The molecule has 0 radical (unpaired) electrons. The van der Waals surface area contributed by atoms with Gasteiger partial charge in [-0.2, -0.15) is 0 Å². The zero-order chi connectivity index (χ0) is 14.5. The predicted molar refractivity (Wildman–Crippen MR) is 79.4 cm³/mol. The maximum Gasteiger partial charge on any atom is 0.270 e. The number of benzene rings is 1. The molecule has 4 N–H and O–H groups in total. The molecule has 20 heavy (non-hydrogen) atoms. The van der Waals surface area contributed by atoms with E-state index in [2.05, 4.69) is 15.7 Å². The third-order valence-corrected chi connectivity index (χ3v) is 3.10. The van der Waals surface area contributed by atoms with E-state index in [-0.39, 0.29) is 11.9 Å². The molecule has 1 atom stereocenters. The molecule has 0 bridgehead atoms. The molecule has 6 heteroatoms. The number of hydrogen-bond acceptors (Lipinski definition) is 4. The summed E-state index contributed by atoms with van der Waals surface area (Å²) in [6, 6.07) is 12.2. The van der Waals surface area contributed by atoms with Crippen LogP contribution in [-0.2, 0) is 0 Å². The van der Waals surface area contributed by atoms with Crippen molar-refractivity contribution < 1.29 is 4.79 Å². The Morgan fingerprint density at radius 2 is 1.95 bits per heavy atom. The lowest BCUT2D eigenvalue weighted by Crippen LogP contribution is -2.27. The number of hydrazine groups is 1. The van der Waals surface area contributed by atoms with Crippen LogP contribution < -0.4 is 16.6 Å². The van der Waals surface area contributed by atoms with Crippen LogP contribution in [0.5, 0.6) is 0 Å². The van der Waals surface area contributed by atoms with Crippen molar-refractivity contribution in [2.45, 2.75) is 13.0 Å². The molecule has 0 spiro atoms. The van der Waals surface area contributed by atoms with Crippen molar-refractivity contribution in [2.75, 3.05) is 5.43 Å². The van der Waals surface area contributed by atoms with Crippen LogP contribution >= 0.6 is 11.6 Å². The summed E-state index contributed by atoms with van der Waals surface area (Å²) in [5.74, 6) is 5.45. The highest BCUT2D eigenvalue weighted by Gasteiger charge is 2.12. The van der Waals surface area contributed by atoms with Gasteiger partial charge in [-0.25, -0.2) is 10.8 Å². The second kappa shape index (κ2) is 6.36. The van der Waals surface area contributed by atoms with E-state index in [9.17, 15) is 4.79 Å². The van der Waals surface area contributed by atoms with Gasteiger partial charge in [-0.3, -0.25) is 4.79 Å². The summed E-state index contributed by atoms with van der Waals surface area (Å²) in [7, 11) is 0. The zero-order valence-electron chi connectivity index (χ0n) is 10.9. The van der Waals surface area contributed by atoms with Gasteiger partial charge < -0.3 is 10.7 Å². The van der Waals surface area contributed by atoms with Gasteiger partial charge in [0.2, 0.25) is 0 Å². The third-order valence-electron chi connectivity index (χ3n) is 2.85. The van der Waals surface area contributed by atoms with Crippen molar-refractivity contribution in [2.24, 2.45) is 5.84 Å². The van der Waals surface area contributed by atoms with E-state index in [0.717, 1.165) is 5.56 Å². The summed E-state index contributed by atoms with van der Waals surface area (Å²) in [5.41, 5.74) is 3.68. The number of nitrogens with one attached hydrogen (secondary N) is 2. The molecule has 1 heterocycles. The van der Waals surface area contributed by atoms with Crippen LogP contribution in [0.4, 0.5) is 5.82 Å². The summed E-state index contributed by atoms with van der Waals surface area (Å²) in [5, 5.41) is 3.53. The van der Waals surface area contributed by atoms with Crippen molar-refractivity contribution in [1.29, 1.82) is 0 Å². The van der Waals surface area contributed by atoms with Crippen molar-refractivity contribution in [3.63, 3.8) is 0 Å². The minimum Gasteiger partial charge on any atom is -0.344 e. The van der Waals surface area contributed by atoms with E-state index in [4.69, 9.17) is 17.4 Å². The number of aromatic nitrogens is 1. The van der Waals surface area contributed by atoms with Crippen LogP contribution in [0.25, 0.3) is 0 Å². The van der Waals surface area contributed by atoms with Crippen LogP contribution in [0.2, 0.25) is 5.02 Å². The van der Waals surface area contributed by atoms with Crippen molar-refractivity contribution in [3.8, 4) is 0 Å². The Kier molecular flexibility index (Phi) is 4.55. The molecule has 104 valence electrons. The van der Waals surface area contributed by atoms with Crippen LogP contribution in [0, 0.1) is 0 Å². The lowest BCUT2D eigenvalue weighted by atomic mass is 10.1. The lowest BCUT2D eigenvalue weighted by Gasteiger charge is -2.14. The molecule has 0 saturated heterocycles. The van der Waals surface area contributed by atoms with Crippen LogP contribution in [0.15, 0.2) is 42.5 Å². The van der Waals surface area contributed by atoms with E-state index < -0.39 is 0 Å². The zero-order valence-corrected chi connectivity index (χ0v) is 11.7. The third kappa shape index (κ3) is 3.46. The number of carbonyl (C=O) groups is 1. The summed E-state index contributed by atoms with van der Waals surface area (Å²) in [6.07, 6.45) is 0. The molecule has 0 saturated carbocycles. The Balaban J connectivity index is 2.08. The van der Waals surface area contributed by atoms with E-state index in [1.54, 1.807) is 30.3 Å². The first-order valence-electron chi connectivity index (χ1n) is 6.10. The van der Waals surface area contributed by atoms with Gasteiger partial charge in [-0.1, -0.05) is 29.8 Å². The molecule has 1 aromatic heterocycles. The highest BCUT2D eigenvalue weighted by Crippen LogP contribution is 2.16. The minimum atomic E-state index is -0.260. The van der Waals surface area contributed by atoms with Gasteiger partial charge in [-0.05, 0) is 36.8 Å². The van der Waals surface area contributed by atoms with Crippen LogP contribution in [-0.4, -0.2) is 10.9 Å². The Labute approximate surface area is 122 Å². The first-order chi connectivity index (χ1) is 9.60. The number of nitrogen functional groups attached to an aromatic ring is 1. The number of anilines is 1. The van der Waals surface area contributed by atoms with Crippen molar-refractivity contribution >= 4 is 23.3 Å². The van der Waals surface area contributed by atoms with Crippen LogP contribution in [0.1, 0.15) is 29.0 Å². The van der Waals surface area contributed by atoms with E-state index in [1.807, 2.05) is 19.1 Å². The topological polar surface area (TPSA) is 80.0 Å². The molecular weight excluding hydrogens is 276 g/mol. The SMILES string of the molecule is CC(NC(=O)c1cccc(NN)n1)c1ccc(Cl)cc1. The number of carbonyl (C=O) groups excluding carboxylic acids is 1. The van der Waals surface area contributed by atoms with Crippen molar-refractivity contribution in [1.82, 2.24) is 10.3 Å². The molecular formula is C14H15ClN4O. The highest BCUT2D eigenvalue weighted by atomic mass is 35.5. The first kappa shape index (κ1) is 14.3. The lowest BCUT2D eigenvalue weighted by molar-refractivity contribution is 0.0935. The fourth-order valence-corrected chi connectivity index (χ4v) is 1.87. The predicted octanol–water partition coefficient (Wildman–Crippen LogP) is 2.51. The second-order valence-corrected chi connectivity index (χ2v) is 4.74. The number of nitrogens with zero attached hydrogens (tertiary/aromatic N) is 1. The van der Waals surface area contributed by atoms with Crippen LogP contribution in [0.3, 0.4) is 0 Å². The van der Waals surface area contributed by atoms with Crippen molar-refractivity contribution in [3.05, 3.63) is 58.7 Å². The summed E-state index contributed by atoms with van der Waals surface area (Å²) < 4.78 is 0. The van der Waals surface area contributed by atoms with Gasteiger partial charge in [0.15, 0.2) is 0 Å². The Morgan fingerprint density at radius 1 is 1.25 bits per heavy atom. The standard InChI is InChI=1S/C14H15ClN4O/c1-9(10-5-7-11(15)8-6-10)17-14(20)12-3-2-4-13(18-12)19-16/h2-9H,16H2,1H3,(H,17,20)(H,18,19). The van der Waals surface area contributed by atoms with Gasteiger partial charge in [0.1, 0.15) is 11.5 Å². The average Bonchev–Trinajstić information content (AvgIpc) is 2.47. The Hall–Kier alpha value is -2.11. The number of rotatable bonds is 4. The largest absolute Gasteiger partial charge is 0.344 e. The number of hydrogen-bond donors (Lipinski definition) is 3. The number of halogens is 1. The molecule has 0 aliphatic carbocycles. The van der Waals surface area contributed by atoms with E-state index in [0.29, 0.717) is 16.5 Å². The van der Waals surface area contributed by atoms with Gasteiger partial charge >= 0.3 is 0 Å². The maximum atomic E-state index is 12.1. The normalized spacial score (nSPS) is 11.8. The molecule has 1 unspecified atom stereocenters. The van der Waals surface area contributed by atoms with E-state index >= 15 is 0 Å². The molecule has 2 rings (SSSR count). The molecule has 5 nitrogen and oxygen atoms in total. The fourth-order valence-electron chi connectivity index (χ4n) is 1.75. The first-order valence-corrected chi connectivity index (χ1v) is 6.48. The average molecular weight is 291 g/mol. The maximum absolute atomic E-state index is 12.1. The van der Waals surface area contributed by atoms with Gasteiger partial charge in [0.25, 0.3) is 5.91 Å². The number of nitrogens with two attached hydrogens (primary N) is 1. The van der Waals surface area contributed by atoms with E-state index in [1.165, 1.54) is 0 Å². The monoisotopic (exact) mass is 290 g/mol. The molecule has 0 aliphatic rings. The van der Waals surface area contributed by atoms with Gasteiger partial charge in [0, 0.05) is 5.02 Å². The summed E-state index contributed by atoms with van der Waals surface area (Å²) in [6.45, 7) is 1.90. The van der Waals surface area contributed by atoms with Gasteiger partial charge in [0.05, 0.1) is 6.04 Å². The summed E-state index contributed by atoms with van der Waals surface area (Å²) in [4.78, 5) is 16.2. The smallest absolute Gasteiger partial charge is 0.270 e. The number of pyridine rings is 1. The molecule has 0 aliphatic heterocycles. The molecule has 1 aromatic carbocycles. The Morgan fingerprint density at radius 3 is 2.60 bits per heavy atom. The Bertz CT molecular complexity index is 600. The molecule has 1 amide bonds. The minimum absolute atomic E-state index is 0.143. The summed E-state index contributed by atoms with van der Waals surface area (Å²) >= 11 is 5.84. The highest BCUT2D eigenvalue weighted by molar-refractivity contribution is 6.30. The quantitative estimate of drug-likeness (QED) is 0.597. The molecule has 0 fully saturated rings.